The van der Waals surface area contributed by atoms with Crippen molar-refractivity contribution in [2.75, 3.05) is 25.0 Å². The summed E-state index contributed by atoms with van der Waals surface area (Å²) < 4.78 is 37.0. The Morgan fingerprint density at radius 3 is 2.57 bits per heavy atom. The molecule has 3 aromatic heterocycles. The molecule has 2 atom stereocenters. The first-order chi connectivity index (χ1) is 27.6. The molecule has 1 saturated carbocycles. The molecule has 3 aliphatic rings. The van der Waals surface area contributed by atoms with E-state index < -0.39 is 53.4 Å². The minimum Gasteiger partial charge on any atom is -0.386 e. The second-order valence-corrected chi connectivity index (χ2v) is 16.6. The number of alkyl halides is 2. The minimum atomic E-state index is -3.07. The summed E-state index contributed by atoms with van der Waals surface area (Å²) in [7, 11) is 1.54. The maximum absolute atomic E-state index is 16.2. The molecule has 3 amide bonds. The van der Waals surface area contributed by atoms with E-state index in [1.807, 2.05) is 21.8 Å². The largest absolute Gasteiger partial charge is 0.386 e. The first-order valence-electron chi connectivity index (χ1n) is 19.7. The van der Waals surface area contributed by atoms with Crippen LogP contribution in [0, 0.1) is 17.2 Å². The Bertz CT molecular complexity index is 2560. The summed E-state index contributed by atoms with van der Waals surface area (Å²) in [5.41, 5.74) is 1.43. The summed E-state index contributed by atoms with van der Waals surface area (Å²) >= 11 is 0. The van der Waals surface area contributed by atoms with Gasteiger partial charge in [-0.2, -0.15) is 10.4 Å². The van der Waals surface area contributed by atoms with E-state index in [9.17, 15) is 29.5 Å². The molecule has 302 valence electrons. The van der Waals surface area contributed by atoms with E-state index in [0.29, 0.717) is 46.5 Å². The number of rotatable bonds is 8. The van der Waals surface area contributed by atoms with Crippen molar-refractivity contribution in [3.63, 3.8) is 0 Å². The molecule has 8 rings (SSSR count). The summed E-state index contributed by atoms with van der Waals surface area (Å²) in [5, 5.41) is 31.0. The maximum atomic E-state index is 16.2. The number of hydrogen-bond donors (Lipinski definition) is 3. The van der Waals surface area contributed by atoms with Crippen molar-refractivity contribution in [3.05, 3.63) is 87.7 Å². The number of pyridine rings is 1. The lowest BCUT2D eigenvalue weighted by molar-refractivity contribution is -0.135. The van der Waals surface area contributed by atoms with Crippen LogP contribution in [-0.4, -0.2) is 77.2 Å². The van der Waals surface area contributed by atoms with Crippen LogP contribution < -0.4 is 16.3 Å². The third-order valence-corrected chi connectivity index (χ3v) is 12.1. The Morgan fingerprint density at radius 1 is 1.09 bits per heavy atom. The molecule has 2 aromatic carbocycles. The van der Waals surface area contributed by atoms with Gasteiger partial charge in [-0.05, 0) is 94.7 Å². The number of piperidine rings is 2. The highest BCUT2D eigenvalue weighted by Gasteiger charge is 2.47. The zero-order chi connectivity index (χ0) is 41.1. The van der Waals surface area contributed by atoms with E-state index in [1.165, 1.54) is 34.6 Å². The van der Waals surface area contributed by atoms with Gasteiger partial charge in [0.2, 0.25) is 11.8 Å². The number of aryl methyl sites for hydroxylation is 1. The number of aliphatic hydroxyl groups is 1. The highest BCUT2D eigenvalue weighted by atomic mass is 19.3. The van der Waals surface area contributed by atoms with Crippen molar-refractivity contribution in [1.29, 1.82) is 5.26 Å². The van der Waals surface area contributed by atoms with Gasteiger partial charge in [-0.25, -0.2) is 13.6 Å². The van der Waals surface area contributed by atoms with Gasteiger partial charge in [0.25, 0.3) is 11.8 Å². The van der Waals surface area contributed by atoms with Crippen molar-refractivity contribution < 1.29 is 28.3 Å². The number of imidazole rings is 1. The van der Waals surface area contributed by atoms with Crippen molar-refractivity contribution in [2.24, 2.45) is 13.0 Å². The molecule has 2 aliphatic heterocycles. The number of benzene rings is 2. The third-order valence-electron chi connectivity index (χ3n) is 12.1. The number of anilines is 1. The molecule has 5 heterocycles. The Hall–Kier alpha value is -5.79. The lowest BCUT2D eigenvalue weighted by atomic mass is 9.83. The van der Waals surface area contributed by atoms with Gasteiger partial charge in [0.15, 0.2) is 0 Å². The van der Waals surface area contributed by atoms with Gasteiger partial charge in [0.05, 0.1) is 51.8 Å². The Balaban J connectivity index is 0.928. The minimum absolute atomic E-state index is 0.0900. The quantitative estimate of drug-likeness (QED) is 0.177. The fraction of sp³-hybridized carbons (Fsp3) is 0.452. The highest BCUT2D eigenvalue weighted by molar-refractivity contribution is 6.06. The van der Waals surface area contributed by atoms with E-state index in [0.717, 1.165) is 31.1 Å². The van der Waals surface area contributed by atoms with Gasteiger partial charge >= 0.3 is 5.69 Å². The molecular weight excluding hydrogens is 749 g/mol. The third kappa shape index (κ3) is 7.28. The zero-order valence-corrected chi connectivity index (χ0v) is 32.5. The van der Waals surface area contributed by atoms with Crippen LogP contribution >= 0.6 is 0 Å². The van der Waals surface area contributed by atoms with Gasteiger partial charge < -0.3 is 10.4 Å². The number of aromatic nitrogens is 5. The predicted molar refractivity (Wildman–Crippen MR) is 210 cm³/mol. The van der Waals surface area contributed by atoms with Gasteiger partial charge in [-0.1, -0.05) is 12.1 Å². The molecule has 0 spiro atoms. The highest BCUT2D eigenvalue weighted by Crippen LogP contribution is 2.44. The Kier molecular flexibility index (Phi) is 10.0. The molecule has 14 nitrogen and oxygen atoms in total. The predicted octanol–water partition coefficient (Wildman–Crippen LogP) is 5.27. The summed E-state index contributed by atoms with van der Waals surface area (Å²) in [4.78, 5) is 56.9. The van der Waals surface area contributed by atoms with E-state index in [4.69, 9.17) is 5.10 Å². The average Bonchev–Trinajstić information content (AvgIpc) is 3.71. The van der Waals surface area contributed by atoms with Gasteiger partial charge in [-0.15, -0.1) is 0 Å². The second-order valence-electron chi connectivity index (χ2n) is 16.6. The first kappa shape index (κ1) is 39.1. The fourth-order valence-electron chi connectivity index (χ4n) is 9.19. The molecule has 58 heavy (non-hydrogen) atoms. The number of fused-ring (bicyclic) bond motifs is 2. The van der Waals surface area contributed by atoms with E-state index in [-0.39, 0.29) is 42.3 Å². The van der Waals surface area contributed by atoms with Crippen LogP contribution in [0.15, 0.2) is 59.8 Å². The molecule has 1 aliphatic carbocycles. The molecular formula is C42H45F2N9O5. The van der Waals surface area contributed by atoms with Gasteiger partial charge in [0.1, 0.15) is 12.1 Å². The number of nitrogens with zero attached hydrogens (tertiary/aromatic N) is 7. The molecule has 0 radical (unpaired) electrons. The number of carbonyl (C=O) groups is 3. The number of para-hydroxylation sites is 1. The fourth-order valence-corrected chi connectivity index (χ4v) is 9.19. The van der Waals surface area contributed by atoms with Gasteiger partial charge in [0, 0.05) is 55.2 Å². The van der Waals surface area contributed by atoms with Crippen molar-refractivity contribution in [2.45, 2.75) is 88.3 Å². The Morgan fingerprint density at radius 2 is 1.86 bits per heavy atom. The summed E-state index contributed by atoms with van der Waals surface area (Å²) in [6, 6.07) is 11.2. The molecule has 16 heteroatoms. The van der Waals surface area contributed by atoms with Gasteiger partial charge in [-0.3, -0.25) is 43.4 Å². The van der Waals surface area contributed by atoms with Crippen LogP contribution in [0.1, 0.15) is 104 Å². The van der Waals surface area contributed by atoms with E-state index in [1.54, 1.807) is 44.2 Å². The average molecular weight is 794 g/mol. The smallest absolute Gasteiger partial charge is 0.329 e. The number of halogens is 2. The number of likely N-dealkylation sites (tertiary alicyclic amines) is 1. The summed E-state index contributed by atoms with van der Waals surface area (Å²) in [6.45, 7) is 3.89. The van der Waals surface area contributed by atoms with Crippen LogP contribution in [0.2, 0.25) is 0 Å². The van der Waals surface area contributed by atoms with Crippen LogP contribution in [0.4, 0.5) is 14.5 Å². The van der Waals surface area contributed by atoms with Crippen molar-refractivity contribution in [3.8, 4) is 6.07 Å². The van der Waals surface area contributed by atoms with Crippen LogP contribution in [0.25, 0.3) is 21.9 Å². The number of nitrogens with one attached hydrogen (secondary N) is 2. The first-order valence-corrected chi connectivity index (χ1v) is 19.7. The monoisotopic (exact) mass is 793 g/mol. The second kappa shape index (κ2) is 14.9. The van der Waals surface area contributed by atoms with Crippen LogP contribution in [0.3, 0.4) is 0 Å². The Labute approximate surface area is 332 Å². The van der Waals surface area contributed by atoms with E-state index >= 15 is 8.78 Å². The van der Waals surface area contributed by atoms with Crippen molar-refractivity contribution in [1.82, 2.24) is 34.1 Å². The van der Waals surface area contributed by atoms with E-state index in [2.05, 4.69) is 15.6 Å². The normalized spacial score (nSPS) is 22.8. The summed E-state index contributed by atoms with van der Waals surface area (Å²) in [5.74, 6) is -5.38. The van der Waals surface area contributed by atoms with Crippen LogP contribution in [-0.2, 0) is 22.2 Å². The summed E-state index contributed by atoms with van der Waals surface area (Å²) in [6.07, 6.45) is 8.45. The SMILES string of the molecule is Cn1c(=O)n(C2CCC(=O)NC2=O)c2cccc([C@H]3CCN(CC4CCC(n5cc6cc(NC(=O)c7cncc(C#N)c7)c(C(C)(C)O)cc6n5)CC4)CC3(F)F)c21. The zero-order valence-electron chi connectivity index (χ0n) is 32.5. The molecule has 5 aromatic rings. The topological polar surface area (TPSA) is 180 Å². The standard InChI is InChI=1S/C42H45F2N9O5/c1-41(2,58)31-17-32-27(16-33(31)47-38(55)26-15-25(18-45)19-46-20-26)22-52(49-32)28-9-7-24(8-10-28)21-51-14-13-30(42(43,44)23-51)29-5-4-6-34-37(29)50(3)40(57)53(34)35-11-12-36(54)48-39(35)56/h4-6,15-17,19-20,22,24,28,30,35,58H,7-14,21,23H2,1-3H3,(H,47,55)(H,48,54,56)/t24?,28?,30-,35?/m1/s1. The van der Waals surface area contributed by atoms with Crippen LogP contribution in [0.5, 0.6) is 0 Å². The number of hydrogen-bond acceptors (Lipinski definition) is 9. The number of carbonyl (C=O) groups excluding carboxylic acids is 3. The maximum Gasteiger partial charge on any atom is 0.329 e. The van der Waals surface area contributed by atoms with Crippen molar-refractivity contribution >= 4 is 45.3 Å². The molecule has 3 N–H and O–H groups in total. The molecule has 2 saturated heterocycles. The lowest BCUT2D eigenvalue weighted by Gasteiger charge is -2.41. The lowest BCUT2D eigenvalue weighted by Crippen LogP contribution is -2.49. The molecule has 3 fully saturated rings. The number of nitriles is 1. The number of imide groups is 1. The molecule has 0 bridgehead atoms. The number of amides is 3. The molecule has 1 unspecified atom stereocenters.